The number of aliphatic imine (C=N–C) groups is 1. The Kier molecular flexibility index (Phi) is 12.4. The fraction of sp³-hybridized carbons (Fsp3) is 0.632. The second-order valence-electron chi connectivity index (χ2n) is 6.25. The molecule has 1 aliphatic rings. The quantitative estimate of drug-likeness (QED) is 0.247. The molecule has 0 saturated carbocycles. The molecule has 0 aliphatic carbocycles. The van der Waals surface area contributed by atoms with Crippen LogP contribution in [0.25, 0.3) is 0 Å². The normalized spacial score (nSPS) is 16.3. The number of hydrogen-bond donors (Lipinski definition) is 2. The van der Waals surface area contributed by atoms with Gasteiger partial charge in [-0.25, -0.2) is 0 Å². The highest BCUT2D eigenvalue weighted by Gasteiger charge is 2.23. The Hall–Kier alpha value is -0.470. The monoisotopic (exact) mass is 476 g/mol. The number of hydrogen-bond acceptors (Lipinski definition) is 3. The van der Waals surface area contributed by atoms with E-state index in [1.54, 1.807) is 0 Å². The third-order valence-electron chi connectivity index (χ3n) is 4.52. The molecule has 1 unspecified atom stereocenters. The minimum Gasteiger partial charge on any atom is -0.356 e. The molecule has 25 heavy (non-hydrogen) atoms. The van der Waals surface area contributed by atoms with Crippen LogP contribution < -0.4 is 10.6 Å². The minimum absolute atomic E-state index is 0. The SMILES string of the molecule is CN=C(NCCCCSC)NCC(c1ccccc1)N1CCCC1.I. The largest absolute Gasteiger partial charge is 0.356 e. The van der Waals surface area contributed by atoms with Crippen LogP contribution in [0.15, 0.2) is 35.3 Å². The number of likely N-dealkylation sites (tertiary alicyclic amines) is 1. The lowest BCUT2D eigenvalue weighted by molar-refractivity contribution is 0.245. The number of guanidine groups is 1. The fourth-order valence-electron chi connectivity index (χ4n) is 3.18. The van der Waals surface area contributed by atoms with Crippen molar-refractivity contribution in [1.29, 1.82) is 0 Å². The van der Waals surface area contributed by atoms with Crippen molar-refractivity contribution in [2.75, 3.05) is 45.2 Å². The summed E-state index contributed by atoms with van der Waals surface area (Å²) in [5, 5.41) is 6.96. The lowest BCUT2D eigenvalue weighted by Gasteiger charge is -2.29. The van der Waals surface area contributed by atoms with Gasteiger partial charge >= 0.3 is 0 Å². The van der Waals surface area contributed by atoms with E-state index in [1.165, 1.54) is 50.1 Å². The van der Waals surface area contributed by atoms with Crippen LogP contribution in [0, 0.1) is 0 Å². The number of nitrogens with one attached hydrogen (secondary N) is 2. The van der Waals surface area contributed by atoms with Crippen molar-refractivity contribution >= 4 is 41.7 Å². The predicted octanol–water partition coefficient (Wildman–Crippen LogP) is 3.75. The maximum atomic E-state index is 4.37. The maximum Gasteiger partial charge on any atom is 0.191 e. The summed E-state index contributed by atoms with van der Waals surface area (Å²) in [6.45, 7) is 4.28. The van der Waals surface area contributed by atoms with Crippen molar-refractivity contribution in [1.82, 2.24) is 15.5 Å². The second kappa shape index (κ2) is 13.7. The zero-order chi connectivity index (χ0) is 17.0. The number of thioether (sulfide) groups is 1. The van der Waals surface area contributed by atoms with Crippen LogP contribution in [0.3, 0.4) is 0 Å². The van der Waals surface area contributed by atoms with E-state index in [9.17, 15) is 0 Å². The summed E-state index contributed by atoms with van der Waals surface area (Å²) in [6.07, 6.45) is 7.23. The number of benzene rings is 1. The van der Waals surface area contributed by atoms with Crippen molar-refractivity contribution in [2.24, 2.45) is 4.99 Å². The molecule has 0 spiro atoms. The van der Waals surface area contributed by atoms with Crippen molar-refractivity contribution < 1.29 is 0 Å². The molecule has 0 radical (unpaired) electrons. The molecule has 4 nitrogen and oxygen atoms in total. The number of nitrogens with zero attached hydrogens (tertiary/aromatic N) is 2. The molecular formula is C19H33IN4S. The molecule has 1 fully saturated rings. The van der Waals surface area contributed by atoms with E-state index in [1.807, 2.05) is 18.8 Å². The maximum absolute atomic E-state index is 4.37. The van der Waals surface area contributed by atoms with Crippen LogP contribution in [0.5, 0.6) is 0 Å². The average molecular weight is 476 g/mol. The van der Waals surface area contributed by atoms with E-state index in [-0.39, 0.29) is 24.0 Å². The van der Waals surface area contributed by atoms with Crippen LogP contribution in [-0.2, 0) is 0 Å². The summed E-state index contributed by atoms with van der Waals surface area (Å²) < 4.78 is 0. The van der Waals surface area contributed by atoms with Crippen LogP contribution in [-0.4, -0.2) is 56.1 Å². The first-order valence-corrected chi connectivity index (χ1v) is 10.5. The zero-order valence-electron chi connectivity index (χ0n) is 15.5. The topological polar surface area (TPSA) is 39.7 Å². The van der Waals surface area contributed by atoms with Crippen molar-refractivity contribution in [2.45, 2.75) is 31.7 Å². The molecule has 0 aromatic heterocycles. The first-order chi connectivity index (χ1) is 11.8. The Morgan fingerprint density at radius 3 is 2.52 bits per heavy atom. The number of halogens is 1. The Balaban J connectivity index is 0.00000312. The van der Waals surface area contributed by atoms with Gasteiger partial charge in [0.25, 0.3) is 0 Å². The molecular weight excluding hydrogens is 443 g/mol. The van der Waals surface area contributed by atoms with E-state index in [4.69, 9.17) is 0 Å². The lowest BCUT2D eigenvalue weighted by atomic mass is 10.1. The summed E-state index contributed by atoms with van der Waals surface area (Å²) in [7, 11) is 1.85. The number of unbranched alkanes of at least 4 members (excludes halogenated alkanes) is 1. The van der Waals surface area contributed by atoms with Gasteiger partial charge in [-0.15, -0.1) is 24.0 Å². The van der Waals surface area contributed by atoms with E-state index in [2.05, 4.69) is 57.1 Å². The first-order valence-electron chi connectivity index (χ1n) is 9.07. The van der Waals surface area contributed by atoms with Gasteiger partial charge in [0.05, 0.1) is 6.04 Å². The number of rotatable bonds is 9. The van der Waals surface area contributed by atoms with Crippen molar-refractivity contribution in [3.63, 3.8) is 0 Å². The Morgan fingerprint density at radius 2 is 1.88 bits per heavy atom. The van der Waals surface area contributed by atoms with Gasteiger partial charge in [-0.3, -0.25) is 9.89 Å². The second-order valence-corrected chi connectivity index (χ2v) is 7.23. The molecule has 1 heterocycles. The van der Waals surface area contributed by atoms with Crippen LogP contribution >= 0.6 is 35.7 Å². The lowest BCUT2D eigenvalue weighted by Crippen LogP contribution is -2.43. The van der Waals surface area contributed by atoms with Crippen molar-refractivity contribution in [3.05, 3.63) is 35.9 Å². The Morgan fingerprint density at radius 1 is 1.16 bits per heavy atom. The summed E-state index contributed by atoms with van der Waals surface area (Å²) in [5.41, 5.74) is 1.39. The fourth-order valence-corrected chi connectivity index (χ4v) is 3.67. The summed E-state index contributed by atoms with van der Waals surface area (Å²) in [4.78, 5) is 6.96. The molecule has 0 amide bonds. The molecule has 0 bridgehead atoms. The van der Waals surface area contributed by atoms with Crippen LogP contribution in [0.1, 0.15) is 37.3 Å². The van der Waals surface area contributed by atoms with E-state index < -0.39 is 0 Å². The Labute approximate surface area is 174 Å². The molecule has 1 aromatic rings. The van der Waals surface area contributed by atoms with Gasteiger partial charge in [0.1, 0.15) is 0 Å². The van der Waals surface area contributed by atoms with Gasteiger partial charge < -0.3 is 10.6 Å². The highest BCUT2D eigenvalue weighted by atomic mass is 127. The first kappa shape index (κ1) is 22.6. The highest BCUT2D eigenvalue weighted by molar-refractivity contribution is 14.0. The van der Waals surface area contributed by atoms with Crippen LogP contribution in [0.2, 0.25) is 0 Å². The molecule has 6 heteroatoms. The summed E-state index contributed by atoms with van der Waals surface area (Å²) >= 11 is 1.91. The average Bonchev–Trinajstić information content (AvgIpc) is 3.15. The molecule has 1 atom stereocenters. The molecule has 1 aliphatic heterocycles. The summed E-state index contributed by atoms with van der Waals surface area (Å²) in [6, 6.07) is 11.3. The van der Waals surface area contributed by atoms with Gasteiger partial charge in [-0.05, 0) is 56.3 Å². The van der Waals surface area contributed by atoms with E-state index >= 15 is 0 Å². The zero-order valence-corrected chi connectivity index (χ0v) is 18.7. The molecule has 1 saturated heterocycles. The van der Waals surface area contributed by atoms with Crippen molar-refractivity contribution in [3.8, 4) is 0 Å². The third-order valence-corrected chi connectivity index (χ3v) is 5.22. The smallest absolute Gasteiger partial charge is 0.191 e. The van der Waals surface area contributed by atoms with Gasteiger partial charge in [-0.2, -0.15) is 11.8 Å². The minimum atomic E-state index is 0. The molecule has 1 aromatic carbocycles. The molecule has 2 rings (SSSR count). The van der Waals surface area contributed by atoms with Gasteiger partial charge in [0, 0.05) is 20.1 Å². The van der Waals surface area contributed by atoms with Crippen LogP contribution in [0.4, 0.5) is 0 Å². The standard InChI is InChI=1S/C19H32N4S.HI/c1-20-19(21-12-6-9-15-24-2)22-16-18(23-13-7-8-14-23)17-10-4-3-5-11-17;/h3-5,10-11,18H,6-9,12-16H2,1-2H3,(H2,20,21,22);1H. The third kappa shape index (κ3) is 8.17. The predicted molar refractivity (Wildman–Crippen MR) is 122 cm³/mol. The highest BCUT2D eigenvalue weighted by Crippen LogP contribution is 2.24. The van der Waals surface area contributed by atoms with E-state index in [0.717, 1.165) is 19.0 Å². The van der Waals surface area contributed by atoms with Gasteiger partial charge in [-0.1, -0.05) is 30.3 Å². The molecule has 2 N–H and O–H groups in total. The summed E-state index contributed by atoms with van der Waals surface area (Å²) in [5.74, 6) is 2.15. The van der Waals surface area contributed by atoms with Gasteiger partial charge in [0.15, 0.2) is 5.96 Å². The molecule has 142 valence electrons. The van der Waals surface area contributed by atoms with Gasteiger partial charge in [0.2, 0.25) is 0 Å². The van der Waals surface area contributed by atoms with E-state index in [0.29, 0.717) is 6.04 Å². The Bertz CT molecular complexity index is 478.